The van der Waals surface area contributed by atoms with Gasteiger partial charge in [0.05, 0.1) is 7.11 Å². The van der Waals surface area contributed by atoms with Gasteiger partial charge in [-0.1, -0.05) is 0 Å². The molecule has 0 atom stereocenters. The number of hydrogen-bond acceptors (Lipinski definition) is 6. The summed E-state index contributed by atoms with van der Waals surface area (Å²) in [4.78, 5) is 11.1. The Morgan fingerprint density at radius 3 is 2.59 bits per heavy atom. The Hall–Kier alpha value is -2.07. The number of sulfone groups is 1. The number of carbonyl (C=O) groups excluding carboxylic acids is 1. The van der Waals surface area contributed by atoms with Gasteiger partial charge in [0.25, 0.3) is 0 Å². The molecule has 0 unspecified atom stereocenters. The summed E-state index contributed by atoms with van der Waals surface area (Å²) < 4.78 is 31.6. The fourth-order valence-corrected chi connectivity index (χ4v) is 1.56. The lowest BCUT2D eigenvalue weighted by molar-refractivity contribution is -0.135. The molecular weight excluding hydrogens is 246 g/mol. The van der Waals surface area contributed by atoms with Crippen LogP contribution in [0, 0.1) is 11.3 Å². The second kappa shape index (κ2) is 4.84. The van der Waals surface area contributed by atoms with Crippen molar-refractivity contribution in [3.63, 3.8) is 0 Å². The van der Waals surface area contributed by atoms with E-state index in [1.165, 1.54) is 12.1 Å². The summed E-state index contributed by atoms with van der Waals surface area (Å²) in [6.45, 7) is 0. The summed E-state index contributed by atoms with van der Waals surface area (Å²) in [6.07, 6.45) is 2.10. The van der Waals surface area contributed by atoms with E-state index in [-0.39, 0.29) is 16.4 Å². The van der Waals surface area contributed by atoms with Gasteiger partial charge in [-0.2, -0.15) is 5.26 Å². The number of rotatable bonds is 3. The van der Waals surface area contributed by atoms with Crippen molar-refractivity contribution in [2.45, 2.75) is 5.09 Å². The monoisotopic (exact) mass is 255 g/mol. The first-order chi connectivity index (χ1) is 7.88. The van der Waals surface area contributed by atoms with Crippen LogP contribution in [0.25, 0.3) is 6.08 Å². The van der Waals surface area contributed by atoms with Crippen molar-refractivity contribution in [2.24, 2.45) is 0 Å². The van der Waals surface area contributed by atoms with Crippen LogP contribution in [-0.4, -0.2) is 27.8 Å². The number of esters is 1. The summed E-state index contributed by atoms with van der Waals surface area (Å²) >= 11 is 0. The van der Waals surface area contributed by atoms with Crippen LogP contribution in [0.5, 0.6) is 0 Å². The number of hydrogen-bond donors (Lipinski definition) is 0. The van der Waals surface area contributed by atoms with Crippen LogP contribution in [0.2, 0.25) is 0 Å². The summed E-state index contributed by atoms with van der Waals surface area (Å²) in [5, 5.41) is 8.45. The van der Waals surface area contributed by atoms with Crippen LogP contribution in [0.3, 0.4) is 0 Å². The van der Waals surface area contributed by atoms with Crippen molar-refractivity contribution in [1.29, 1.82) is 5.26 Å². The van der Waals surface area contributed by atoms with Crippen molar-refractivity contribution in [2.75, 3.05) is 13.4 Å². The highest BCUT2D eigenvalue weighted by Crippen LogP contribution is 2.16. The molecule has 0 fully saturated rings. The Bertz CT molecular complexity index is 603. The fraction of sp³-hybridized carbons (Fsp3) is 0.200. The van der Waals surface area contributed by atoms with Gasteiger partial charge in [0.2, 0.25) is 14.9 Å². The number of carbonyl (C=O) groups is 1. The van der Waals surface area contributed by atoms with E-state index < -0.39 is 15.8 Å². The first-order valence-electron chi connectivity index (χ1n) is 4.38. The molecule has 0 aromatic carbocycles. The lowest BCUT2D eigenvalue weighted by Gasteiger charge is -1.94. The normalized spacial score (nSPS) is 11.9. The van der Waals surface area contributed by atoms with Gasteiger partial charge in [0.1, 0.15) is 17.4 Å². The van der Waals surface area contributed by atoms with Gasteiger partial charge >= 0.3 is 5.97 Å². The van der Waals surface area contributed by atoms with Crippen LogP contribution in [-0.2, 0) is 19.4 Å². The van der Waals surface area contributed by atoms with E-state index in [4.69, 9.17) is 9.68 Å². The van der Waals surface area contributed by atoms with Crippen molar-refractivity contribution in [3.8, 4) is 6.07 Å². The quantitative estimate of drug-likeness (QED) is 0.449. The minimum absolute atomic E-state index is 0.0902. The van der Waals surface area contributed by atoms with Crippen LogP contribution >= 0.6 is 0 Å². The Morgan fingerprint density at radius 1 is 1.53 bits per heavy atom. The van der Waals surface area contributed by atoms with Gasteiger partial charge in [0, 0.05) is 12.3 Å². The molecular formula is C10H9NO5S. The third-order valence-corrected chi connectivity index (χ3v) is 2.73. The van der Waals surface area contributed by atoms with Crippen LogP contribution in [0.1, 0.15) is 5.76 Å². The van der Waals surface area contributed by atoms with Crippen LogP contribution in [0.4, 0.5) is 0 Å². The molecule has 1 rings (SSSR count). The van der Waals surface area contributed by atoms with E-state index >= 15 is 0 Å². The maximum atomic E-state index is 11.1. The fourth-order valence-electron chi connectivity index (χ4n) is 1.00. The number of nitriles is 1. The Labute approximate surface area is 98.0 Å². The predicted molar refractivity (Wildman–Crippen MR) is 57.4 cm³/mol. The predicted octanol–water partition coefficient (Wildman–Crippen LogP) is 0.763. The molecule has 0 saturated heterocycles. The first kappa shape index (κ1) is 13.0. The SMILES string of the molecule is COC(=O)/C(C#N)=C/c1ccc(S(C)(=O)=O)o1. The highest BCUT2D eigenvalue weighted by Gasteiger charge is 2.14. The molecule has 0 bridgehead atoms. The lowest BCUT2D eigenvalue weighted by atomic mass is 10.2. The molecule has 0 spiro atoms. The van der Waals surface area contributed by atoms with Crippen LogP contribution < -0.4 is 0 Å². The molecule has 0 amide bonds. The Balaban J connectivity index is 3.12. The van der Waals surface area contributed by atoms with Crippen molar-refractivity contribution < 1.29 is 22.4 Å². The topological polar surface area (TPSA) is 97.4 Å². The second-order valence-electron chi connectivity index (χ2n) is 3.09. The second-order valence-corrected chi connectivity index (χ2v) is 5.04. The van der Waals surface area contributed by atoms with Crippen LogP contribution in [0.15, 0.2) is 27.2 Å². The minimum atomic E-state index is -3.45. The minimum Gasteiger partial charge on any atom is -0.465 e. The largest absolute Gasteiger partial charge is 0.465 e. The molecule has 0 aliphatic rings. The molecule has 1 aromatic heterocycles. The Morgan fingerprint density at radius 2 is 2.18 bits per heavy atom. The summed E-state index contributed by atoms with van der Waals surface area (Å²) in [5.41, 5.74) is -0.276. The highest BCUT2D eigenvalue weighted by atomic mass is 32.2. The average molecular weight is 255 g/mol. The third-order valence-electron chi connectivity index (χ3n) is 1.78. The summed E-state index contributed by atoms with van der Waals surface area (Å²) in [6, 6.07) is 4.21. The molecule has 7 heteroatoms. The third kappa shape index (κ3) is 3.19. The standard InChI is InChI=1S/C10H9NO5S/c1-15-10(12)7(6-11)5-8-3-4-9(16-8)17(2,13)14/h3-5H,1-2H3/b7-5+. The van der Waals surface area contributed by atoms with E-state index in [2.05, 4.69) is 4.74 Å². The molecule has 0 N–H and O–H groups in total. The highest BCUT2D eigenvalue weighted by molar-refractivity contribution is 7.90. The van der Waals surface area contributed by atoms with Crippen molar-refractivity contribution >= 4 is 21.9 Å². The molecule has 0 aliphatic heterocycles. The maximum Gasteiger partial charge on any atom is 0.348 e. The van der Waals surface area contributed by atoms with E-state index in [1.807, 2.05) is 0 Å². The van der Waals surface area contributed by atoms with Crippen molar-refractivity contribution in [3.05, 3.63) is 23.5 Å². The molecule has 1 aromatic rings. The molecule has 0 radical (unpaired) electrons. The molecule has 6 nitrogen and oxygen atoms in total. The number of ether oxygens (including phenoxy) is 1. The molecule has 1 heterocycles. The van der Waals surface area contributed by atoms with Gasteiger partial charge in [-0.25, -0.2) is 13.2 Å². The first-order valence-corrected chi connectivity index (χ1v) is 6.27. The number of methoxy groups -OCH3 is 1. The van der Waals surface area contributed by atoms with Gasteiger partial charge < -0.3 is 9.15 Å². The lowest BCUT2D eigenvalue weighted by Crippen LogP contribution is -2.02. The molecule has 0 saturated carbocycles. The van der Waals surface area contributed by atoms with Crippen molar-refractivity contribution in [1.82, 2.24) is 0 Å². The zero-order valence-electron chi connectivity index (χ0n) is 9.13. The van der Waals surface area contributed by atoms with E-state index in [0.29, 0.717) is 0 Å². The zero-order chi connectivity index (χ0) is 13.1. The van der Waals surface area contributed by atoms with Gasteiger partial charge in [-0.15, -0.1) is 0 Å². The van der Waals surface area contributed by atoms with Gasteiger partial charge in [0.15, 0.2) is 0 Å². The number of nitrogens with zero attached hydrogens (tertiary/aromatic N) is 1. The molecule has 0 aliphatic carbocycles. The van der Waals surface area contributed by atoms with E-state index in [9.17, 15) is 13.2 Å². The summed E-state index contributed by atoms with van der Waals surface area (Å²) in [7, 11) is -2.31. The van der Waals surface area contributed by atoms with E-state index in [0.717, 1.165) is 19.4 Å². The molecule has 17 heavy (non-hydrogen) atoms. The molecule has 90 valence electrons. The van der Waals surface area contributed by atoms with E-state index in [1.54, 1.807) is 6.07 Å². The average Bonchev–Trinajstić information content (AvgIpc) is 2.73. The maximum absolute atomic E-state index is 11.1. The smallest absolute Gasteiger partial charge is 0.348 e. The summed E-state index contributed by atoms with van der Waals surface area (Å²) in [5.74, 6) is -0.725. The van der Waals surface area contributed by atoms with Gasteiger partial charge in [-0.3, -0.25) is 0 Å². The number of furan rings is 1. The zero-order valence-corrected chi connectivity index (χ0v) is 9.95. The Kier molecular flexibility index (Phi) is 3.70. The van der Waals surface area contributed by atoms with Gasteiger partial charge in [-0.05, 0) is 12.1 Å².